The van der Waals surface area contributed by atoms with E-state index >= 15 is 0 Å². The summed E-state index contributed by atoms with van der Waals surface area (Å²) in [4.78, 5) is 10.5. The van der Waals surface area contributed by atoms with Crippen molar-refractivity contribution in [3.63, 3.8) is 0 Å². The van der Waals surface area contributed by atoms with Crippen molar-refractivity contribution in [2.75, 3.05) is 5.75 Å². The largest absolute Gasteiger partial charge is 0.480 e. The second-order valence-corrected chi connectivity index (χ2v) is 6.98. The van der Waals surface area contributed by atoms with E-state index in [2.05, 4.69) is 4.72 Å². The lowest BCUT2D eigenvalue weighted by Crippen LogP contribution is -2.32. The van der Waals surface area contributed by atoms with Crippen LogP contribution in [0, 0.1) is 0 Å². The van der Waals surface area contributed by atoms with Gasteiger partial charge in [-0.2, -0.15) is 0 Å². The topological polar surface area (TPSA) is 83.5 Å². The number of hydrogen-bond donors (Lipinski definition) is 2. The molecule has 5 nitrogen and oxygen atoms in total. The van der Waals surface area contributed by atoms with Gasteiger partial charge in [0.05, 0.1) is 0 Å². The van der Waals surface area contributed by atoms with Crippen LogP contribution in [-0.2, 0) is 27.7 Å². The van der Waals surface area contributed by atoms with E-state index in [9.17, 15) is 13.2 Å². The van der Waals surface area contributed by atoms with Crippen molar-refractivity contribution in [2.24, 2.45) is 0 Å². The third kappa shape index (κ3) is 3.80. The van der Waals surface area contributed by atoms with Crippen molar-refractivity contribution in [1.29, 1.82) is 0 Å². The summed E-state index contributed by atoms with van der Waals surface area (Å²) in [6.45, 7) is 1.73. The van der Waals surface area contributed by atoms with Gasteiger partial charge in [-0.25, -0.2) is 13.1 Å². The molecule has 0 saturated carbocycles. The molecule has 1 atom stereocenters. The summed E-state index contributed by atoms with van der Waals surface area (Å²) in [5, 5.41) is 8.57. The lowest BCUT2D eigenvalue weighted by atomic mass is 9.89. The van der Waals surface area contributed by atoms with Crippen LogP contribution in [0.25, 0.3) is 0 Å². The zero-order chi connectivity index (χ0) is 14.8. The molecule has 1 aliphatic carbocycles. The highest BCUT2D eigenvalue weighted by Gasteiger charge is 2.20. The maximum Gasteiger partial charge on any atom is 0.320 e. The van der Waals surface area contributed by atoms with E-state index in [1.807, 2.05) is 18.2 Å². The summed E-state index contributed by atoms with van der Waals surface area (Å²) in [7, 11) is -3.80. The second kappa shape index (κ2) is 5.93. The molecule has 110 valence electrons. The van der Waals surface area contributed by atoms with Gasteiger partial charge in [0.1, 0.15) is 0 Å². The van der Waals surface area contributed by atoms with Gasteiger partial charge in [0, 0.05) is 6.04 Å². The van der Waals surface area contributed by atoms with Gasteiger partial charge in [0.15, 0.2) is 5.75 Å². The monoisotopic (exact) mass is 297 g/mol. The van der Waals surface area contributed by atoms with E-state index in [1.165, 1.54) is 17.5 Å². The Kier molecular flexibility index (Phi) is 4.45. The van der Waals surface area contributed by atoms with Gasteiger partial charge in [0.25, 0.3) is 0 Å². The first-order chi connectivity index (χ1) is 9.37. The first-order valence-corrected chi connectivity index (χ1v) is 8.36. The Morgan fingerprint density at radius 3 is 2.60 bits per heavy atom. The Balaban J connectivity index is 2.13. The standard InChI is InChI=1S/C14H19NO4S/c1-10(15-20(18,19)9-14(16)17)12-7-6-11-4-2-3-5-13(11)8-12/h6-8,10,15H,2-5,9H2,1H3,(H,16,17)/t10-/m0/s1. The predicted octanol–water partition coefficient (Wildman–Crippen LogP) is 1.63. The highest BCUT2D eigenvalue weighted by molar-refractivity contribution is 7.90. The third-order valence-electron chi connectivity index (χ3n) is 3.54. The third-order valence-corrected chi connectivity index (χ3v) is 4.88. The van der Waals surface area contributed by atoms with E-state index in [4.69, 9.17) is 5.11 Å². The van der Waals surface area contributed by atoms with Crippen molar-refractivity contribution < 1.29 is 18.3 Å². The number of benzene rings is 1. The molecular weight excluding hydrogens is 278 g/mol. The summed E-state index contributed by atoms with van der Waals surface area (Å²) in [5.41, 5.74) is 3.48. The molecule has 0 unspecified atom stereocenters. The smallest absolute Gasteiger partial charge is 0.320 e. The molecule has 0 heterocycles. The number of fused-ring (bicyclic) bond motifs is 1. The molecule has 0 amide bonds. The van der Waals surface area contributed by atoms with Crippen LogP contribution in [0.4, 0.5) is 0 Å². The predicted molar refractivity (Wildman–Crippen MR) is 76.1 cm³/mol. The van der Waals surface area contributed by atoms with Crippen LogP contribution in [0.3, 0.4) is 0 Å². The molecule has 1 aliphatic rings. The molecule has 2 N–H and O–H groups in total. The van der Waals surface area contributed by atoms with Gasteiger partial charge in [-0.05, 0) is 49.3 Å². The zero-order valence-electron chi connectivity index (χ0n) is 11.4. The maximum atomic E-state index is 11.6. The van der Waals surface area contributed by atoms with E-state index in [0.29, 0.717) is 0 Å². The molecule has 0 aliphatic heterocycles. The summed E-state index contributed by atoms with van der Waals surface area (Å²) < 4.78 is 25.6. The number of carboxylic acids is 1. The number of aryl methyl sites for hydroxylation is 2. The molecule has 0 bridgehead atoms. The number of carboxylic acid groups (broad SMARTS) is 1. The normalized spacial score (nSPS) is 16.4. The van der Waals surface area contributed by atoms with Crippen LogP contribution in [0.5, 0.6) is 0 Å². The molecule has 1 aromatic carbocycles. The maximum absolute atomic E-state index is 11.6. The first-order valence-electron chi connectivity index (χ1n) is 6.71. The molecule has 1 aromatic rings. The summed E-state index contributed by atoms with van der Waals surface area (Å²) in [5.74, 6) is -2.25. The summed E-state index contributed by atoms with van der Waals surface area (Å²) in [6.07, 6.45) is 4.47. The van der Waals surface area contributed by atoms with Gasteiger partial charge in [0.2, 0.25) is 10.0 Å². The van der Waals surface area contributed by atoms with Crippen LogP contribution in [0.1, 0.15) is 42.5 Å². The van der Waals surface area contributed by atoms with Crippen LogP contribution >= 0.6 is 0 Å². The molecule has 0 spiro atoms. The molecular formula is C14H19NO4S. The lowest BCUT2D eigenvalue weighted by molar-refractivity contribution is -0.134. The van der Waals surface area contributed by atoms with Crippen molar-refractivity contribution in [3.05, 3.63) is 34.9 Å². The summed E-state index contributed by atoms with van der Waals surface area (Å²) >= 11 is 0. The number of nitrogens with one attached hydrogen (secondary N) is 1. The molecule has 0 radical (unpaired) electrons. The fourth-order valence-corrected chi connectivity index (χ4v) is 3.65. The average Bonchev–Trinajstić information content (AvgIpc) is 2.36. The fraction of sp³-hybridized carbons (Fsp3) is 0.500. The van der Waals surface area contributed by atoms with Crippen molar-refractivity contribution in [2.45, 2.75) is 38.6 Å². The molecule has 0 saturated heterocycles. The Morgan fingerprint density at radius 1 is 1.30 bits per heavy atom. The van der Waals surface area contributed by atoms with Crippen molar-refractivity contribution in [1.82, 2.24) is 4.72 Å². The van der Waals surface area contributed by atoms with Crippen molar-refractivity contribution >= 4 is 16.0 Å². The highest BCUT2D eigenvalue weighted by Crippen LogP contribution is 2.25. The van der Waals surface area contributed by atoms with E-state index < -0.39 is 27.8 Å². The van der Waals surface area contributed by atoms with Gasteiger partial charge < -0.3 is 5.11 Å². The minimum absolute atomic E-state index is 0.424. The number of carbonyl (C=O) groups is 1. The van der Waals surface area contributed by atoms with Crippen molar-refractivity contribution in [3.8, 4) is 0 Å². The molecule has 20 heavy (non-hydrogen) atoms. The van der Waals surface area contributed by atoms with Gasteiger partial charge in [-0.15, -0.1) is 0 Å². The second-order valence-electron chi connectivity index (χ2n) is 5.23. The Morgan fingerprint density at radius 2 is 1.95 bits per heavy atom. The molecule has 6 heteroatoms. The number of rotatable bonds is 5. The lowest BCUT2D eigenvalue weighted by Gasteiger charge is -2.19. The average molecular weight is 297 g/mol. The summed E-state index contributed by atoms with van der Waals surface area (Å²) in [6, 6.07) is 5.57. The van der Waals surface area contributed by atoms with Crippen LogP contribution in [0.2, 0.25) is 0 Å². The van der Waals surface area contributed by atoms with Gasteiger partial charge in [-0.1, -0.05) is 18.2 Å². The molecule has 0 aromatic heterocycles. The minimum Gasteiger partial charge on any atom is -0.480 e. The van der Waals surface area contributed by atoms with E-state index in [1.54, 1.807) is 6.92 Å². The van der Waals surface area contributed by atoms with E-state index in [-0.39, 0.29) is 0 Å². The highest BCUT2D eigenvalue weighted by atomic mass is 32.2. The molecule has 0 fully saturated rings. The Hall–Kier alpha value is -1.40. The zero-order valence-corrected chi connectivity index (χ0v) is 12.2. The van der Waals surface area contributed by atoms with Gasteiger partial charge >= 0.3 is 5.97 Å². The van der Waals surface area contributed by atoms with Crippen LogP contribution in [-0.4, -0.2) is 25.2 Å². The quantitative estimate of drug-likeness (QED) is 0.865. The number of hydrogen-bond acceptors (Lipinski definition) is 3. The first kappa shape index (κ1) is 15.0. The van der Waals surface area contributed by atoms with Gasteiger partial charge in [-0.3, -0.25) is 4.79 Å². The van der Waals surface area contributed by atoms with Crippen LogP contribution in [0.15, 0.2) is 18.2 Å². The SMILES string of the molecule is C[C@H](NS(=O)(=O)CC(=O)O)c1ccc2c(c1)CCCC2. The number of aliphatic carboxylic acids is 1. The Labute approximate surface area is 119 Å². The van der Waals surface area contributed by atoms with E-state index in [0.717, 1.165) is 24.8 Å². The Bertz CT molecular complexity index is 610. The number of sulfonamides is 1. The fourth-order valence-electron chi connectivity index (χ4n) is 2.56. The van der Waals surface area contributed by atoms with Crippen LogP contribution < -0.4 is 4.72 Å². The molecule has 2 rings (SSSR count). The minimum atomic E-state index is -3.80.